The number of furan rings is 1. The Morgan fingerprint density at radius 3 is 2.77 bits per heavy atom. The molecular formula is C21H17F2N5O3. The van der Waals surface area contributed by atoms with Crippen LogP contribution in [0.15, 0.2) is 41.0 Å². The van der Waals surface area contributed by atoms with Crippen molar-refractivity contribution in [1.29, 1.82) is 0 Å². The number of benzene rings is 2. The van der Waals surface area contributed by atoms with E-state index in [2.05, 4.69) is 25.9 Å². The minimum Gasteiger partial charge on any atom is -0.487 e. The number of tetrazole rings is 1. The van der Waals surface area contributed by atoms with Crippen LogP contribution >= 0.6 is 0 Å². The third-order valence-corrected chi connectivity index (χ3v) is 5.29. The zero-order valence-electron chi connectivity index (χ0n) is 16.2. The number of aromatic nitrogens is 4. The topological polar surface area (TPSA) is 106 Å². The molecule has 1 aliphatic carbocycles. The maximum Gasteiger partial charge on any atom is 0.259 e. The maximum absolute atomic E-state index is 14.5. The van der Waals surface area contributed by atoms with Crippen molar-refractivity contribution < 1.29 is 22.7 Å². The van der Waals surface area contributed by atoms with Gasteiger partial charge in [-0.3, -0.25) is 4.79 Å². The molecule has 2 heterocycles. The number of hydrogen-bond donors (Lipinski definition) is 2. The van der Waals surface area contributed by atoms with E-state index in [9.17, 15) is 13.6 Å². The number of nitrogens with one attached hydrogen (secondary N) is 2. The summed E-state index contributed by atoms with van der Waals surface area (Å²) >= 11 is 0. The van der Waals surface area contributed by atoms with Gasteiger partial charge in [0.2, 0.25) is 5.82 Å². The molecule has 1 aliphatic rings. The number of anilines is 1. The lowest BCUT2D eigenvalue weighted by molar-refractivity contribution is 0.102. The normalized spacial score (nSPS) is 14.3. The average Bonchev–Trinajstić information content (AvgIpc) is 3.52. The first-order valence-electron chi connectivity index (χ1n) is 9.80. The fourth-order valence-corrected chi connectivity index (χ4v) is 3.72. The Morgan fingerprint density at radius 1 is 1.16 bits per heavy atom. The van der Waals surface area contributed by atoms with Gasteiger partial charge in [-0.2, -0.15) is 5.21 Å². The van der Waals surface area contributed by atoms with Gasteiger partial charge in [-0.15, -0.1) is 10.2 Å². The molecule has 8 nitrogen and oxygen atoms in total. The molecule has 31 heavy (non-hydrogen) atoms. The zero-order chi connectivity index (χ0) is 21.4. The summed E-state index contributed by atoms with van der Waals surface area (Å²) in [5.41, 5.74) is 0.965. The van der Waals surface area contributed by atoms with Gasteiger partial charge in [-0.1, -0.05) is 6.07 Å². The minimum atomic E-state index is -0.782. The molecule has 1 saturated carbocycles. The SMILES string of the molecule is O=C(Nc1cc(F)c(OC2CCCC2)cc1F)c1coc2cc(-c3nn[nH]n3)ccc12. The second-order valence-corrected chi connectivity index (χ2v) is 7.34. The molecule has 0 aliphatic heterocycles. The molecule has 1 amide bonds. The first kappa shape index (κ1) is 19.2. The van der Waals surface area contributed by atoms with Gasteiger partial charge in [-0.25, -0.2) is 8.78 Å². The third-order valence-electron chi connectivity index (χ3n) is 5.29. The lowest BCUT2D eigenvalue weighted by Gasteiger charge is -2.15. The summed E-state index contributed by atoms with van der Waals surface area (Å²) in [6.45, 7) is 0. The van der Waals surface area contributed by atoms with Gasteiger partial charge in [0, 0.05) is 23.1 Å². The molecule has 0 unspecified atom stereocenters. The van der Waals surface area contributed by atoms with E-state index >= 15 is 0 Å². The maximum atomic E-state index is 14.5. The number of carbonyl (C=O) groups excluding carboxylic acids is 1. The van der Waals surface area contributed by atoms with E-state index in [0.717, 1.165) is 37.8 Å². The van der Waals surface area contributed by atoms with Crippen LogP contribution < -0.4 is 10.1 Å². The molecule has 0 radical (unpaired) electrons. The van der Waals surface area contributed by atoms with Crippen molar-refractivity contribution in [3.8, 4) is 17.1 Å². The van der Waals surface area contributed by atoms with Gasteiger partial charge >= 0.3 is 0 Å². The number of hydrogen-bond acceptors (Lipinski definition) is 6. The molecule has 2 aromatic heterocycles. The van der Waals surface area contributed by atoms with E-state index < -0.39 is 17.5 Å². The van der Waals surface area contributed by atoms with E-state index in [0.29, 0.717) is 22.4 Å². The number of aromatic amines is 1. The highest BCUT2D eigenvalue weighted by Gasteiger charge is 2.21. The Kier molecular flexibility index (Phi) is 4.81. The van der Waals surface area contributed by atoms with Crippen LogP contribution in [0.5, 0.6) is 5.75 Å². The standard InChI is InChI=1S/C21H17F2N5O3/c22-15-9-19(31-12-3-1-2-4-12)16(23)8-17(15)24-21(29)14-10-30-18-7-11(5-6-13(14)18)20-25-27-28-26-20/h5-10,12H,1-4H2,(H,24,29)(H,25,26,27,28). The van der Waals surface area contributed by atoms with Gasteiger partial charge in [0.05, 0.1) is 17.4 Å². The van der Waals surface area contributed by atoms with Crippen molar-refractivity contribution in [3.63, 3.8) is 0 Å². The van der Waals surface area contributed by atoms with Crippen LogP contribution in [0.25, 0.3) is 22.4 Å². The molecule has 0 saturated heterocycles. The molecule has 0 atom stereocenters. The average molecular weight is 425 g/mol. The Bertz CT molecular complexity index is 1250. The van der Waals surface area contributed by atoms with Crippen molar-refractivity contribution in [1.82, 2.24) is 20.6 Å². The minimum absolute atomic E-state index is 0.107. The van der Waals surface area contributed by atoms with E-state index in [-0.39, 0.29) is 23.1 Å². The van der Waals surface area contributed by atoms with Crippen LogP contribution in [0.3, 0.4) is 0 Å². The largest absolute Gasteiger partial charge is 0.487 e. The first-order valence-corrected chi connectivity index (χ1v) is 9.80. The van der Waals surface area contributed by atoms with Crippen molar-refractivity contribution in [2.24, 2.45) is 0 Å². The van der Waals surface area contributed by atoms with Gasteiger partial charge in [-0.05, 0) is 43.0 Å². The number of H-pyrrole nitrogens is 1. The third kappa shape index (κ3) is 3.72. The molecule has 1 fully saturated rings. The Balaban J connectivity index is 1.37. The smallest absolute Gasteiger partial charge is 0.259 e. The molecular weight excluding hydrogens is 408 g/mol. The molecule has 0 bridgehead atoms. The van der Waals surface area contributed by atoms with Crippen molar-refractivity contribution in [2.75, 3.05) is 5.32 Å². The van der Waals surface area contributed by atoms with Crippen LogP contribution in [0.2, 0.25) is 0 Å². The monoisotopic (exact) mass is 425 g/mol. The first-order chi connectivity index (χ1) is 15.1. The second-order valence-electron chi connectivity index (χ2n) is 7.34. The Morgan fingerprint density at radius 2 is 2.00 bits per heavy atom. The summed E-state index contributed by atoms with van der Waals surface area (Å²) in [4.78, 5) is 12.7. The van der Waals surface area contributed by atoms with Gasteiger partial charge in [0.15, 0.2) is 17.4 Å². The summed E-state index contributed by atoms with van der Waals surface area (Å²) in [7, 11) is 0. The number of fused-ring (bicyclic) bond motifs is 1. The molecule has 158 valence electrons. The van der Waals surface area contributed by atoms with Gasteiger partial charge < -0.3 is 14.5 Å². The summed E-state index contributed by atoms with van der Waals surface area (Å²) in [5.74, 6) is -1.92. The second kappa shape index (κ2) is 7.78. The van der Waals surface area contributed by atoms with Crippen LogP contribution in [-0.2, 0) is 0 Å². The summed E-state index contributed by atoms with van der Waals surface area (Å²) in [5, 5.41) is 16.6. The molecule has 5 rings (SSSR count). The highest BCUT2D eigenvalue weighted by Crippen LogP contribution is 2.31. The van der Waals surface area contributed by atoms with Crippen LogP contribution in [0.1, 0.15) is 36.0 Å². The Labute approximate surface area is 174 Å². The van der Waals surface area contributed by atoms with Crippen LogP contribution in [-0.4, -0.2) is 32.6 Å². The number of nitrogens with zero attached hydrogens (tertiary/aromatic N) is 3. The molecule has 2 N–H and O–H groups in total. The summed E-state index contributed by atoms with van der Waals surface area (Å²) < 4.78 is 40.0. The predicted octanol–water partition coefficient (Wildman–Crippen LogP) is 4.46. The van der Waals surface area contributed by atoms with E-state index in [1.807, 2.05) is 0 Å². The number of amides is 1. The fraction of sp³-hybridized carbons (Fsp3) is 0.238. The highest BCUT2D eigenvalue weighted by molar-refractivity contribution is 6.12. The van der Waals surface area contributed by atoms with Crippen molar-refractivity contribution in [3.05, 3.63) is 53.8 Å². The predicted molar refractivity (Wildman–Crippen MR) is 107 cm³/mol. The fourth-order valence-electron chi connectivity index (χ4n) is 3.72. The number of ether oxygens (including phenoxy) is 1. The van der Waals surface area contributed by atoms with Crippen LogP contribution in [0.4, 0.5) is 14.5 Å². The number of carbonyl (C=O) groups is 1. The lowest BCUT2D eigenvalue weighted by Crippen LogP contribution is -2.15. The molecule has 2 aromatic carbocycles. The molecule has 4 aromatic rings. The summed E-state index contributed by atoms with van der Waals surface area (Å²) in [6, 6.07) is 6.91. The van der Waals surface area contributed by atoms with E-state index in [1.54, 1.807) is 18.2 Å². The quantitative estimate of drug-likeness (QED) is 0.489. The molecule has 0 spiro atoms. The van der Waals surface area contributed by atoms with Gasteiger partial charge in [0.1, 0.15) is 11.8 Å². The van der Waals surface area contributed by atoms with Crippen LogP contribution in [0, 0.1) is 11.6 Å². The van der Waals surface area contributed by atoms with Crippen molar-refractivity contribution >= 4 is 22.6 Å². The van der Waals surface area contributed by atoms with E-state index in [1.165, 1.54) is 6.26 Å². The number of halogens is 2. The highest BCUT2D eigenvalue weighted by atomic mass is 19.1. The van der Waals surface area contributed by atoms with Gasteiger partial charge in [0.25, 0.3) is 5.91 Å². The number of rotatable bonds is 5. The zero-order valence-corrected chi connectivity index (χ0v) is 16.2. The van der Waals surface area contributed by atoms with E-state index in [4.69, 9.17) is 9.15 Å². The molecule has 10 heteroatoms. The van der Waals surface area contributed by atoms with Crippen molar-refractivity contribution in [2.45, 2.75) is 31.8 Å². The summed E-state index contributed by atoms with van der Waals surface area (Å²) in [6.07, 6.45) is 4.81. The Hall–Kier alpha value is -3.82. The lowest BCUT2D eigenvalue weighted by atomic mass is 10.1.